The molecule has 1 aromatic heterocycles. The molecule has 1 heterocycles. The van der Waals surface area contributed by atoms with E-state index in [1.54, 1.807) is 11.3 Å². The van der Waals surface area contributed by atoms with E-state index >= 15 is 0 Å². The number of nitrogens with two attached hydrogens (primary N) is 1. The lowest BCUT2D eigenvalue weighted by atomic mass is 10.1. The molecule has 14 heavy (non-hydrogen) atoms. The number of hydrogen-bond acceptors (Lipinski definition) is 3. The Labute approximate surface area is 98.2 Å². The van der Waals surface area contributed by atoms with Crippen LogP contribution in [0.15, 0.2) is 15.9 Å². The molecule has 2 nitrogen and oxygen atoms in total. The SMILES string of the molecule is CN(C)CCC(N)Cc1ccc(Br)s1. The second-order valence-corrected chi connectivity index (χ2v) is 6.31. The van der Waals surface area contributed by atoms with Crippen LogP contribution in [0.2, 0.25) is 0 Å². The first-order valence-electron chi connectivity index (χ1n) is 4.72. The van der Waals surface area contributed by atoms with Gasteiger partial charge >= 0.3 is 0 Å². The van der Waals surface area contributed by atoms with E-state index in [0.29, 0.717) is 0 Å². The Bertz CT molecular complexity index is 273. The van der Waals surface area contributed by atoms with Gasteiger partial charge in [-0.05, 0) is 61.5 Å². The van der Waals surface area contributed by atoms with E-state index < -0.39 is 0 Å². The van der Waals surface area contributed by atoms with Crippen molar-refractivity contribution in [2.24, 2.45) is 5.73 Å². The van der Waals surface area contributed by atoms with E-state index in [1.807, 2.05) is 0 Å². The van der Waals surface area contributed by atoms with Crippen LogP contribution in [-0.4, -0.2) is 31.6 Å². The van der Waals surface area contributed by atoms with Gasteiger partial charge in [-0.25, -0.2) is 0 Å². The molecule has 1 atom stereocenters. The average Bonchev–Trinajstić information content (AvgIpc) is 2.48. The molecular weight excluding hydrogens is 260 g/mol. The Morgan fingerprint density at radius 3 is 2.71 bits per heavy atom. The zero-order chi connectivity index (χ0) is 10.6. The molecule has 4 heteroatoms. The molecule has 0 aromatic carbocycles. The van der Waals surface area contributed by atoms with Crippen molar-refractivity contribution >= 4 is 27.3 Å². The highest BCUT2D eigenvalue weighted by molar-refractivity contribution is 9.11. The van der Waals surface area contributed by atoms with E-state index in [1.165, 1.54) is 8.66 Å². The molecule has 0 spiro atoms. The maximum Gasteiger partial charge on any atom is 0.0701 e. The van der Waals surface area contributed by atoms with E-state index in [9.17, 15) is 0 Å². The molecule has 1 rings (SSSR count). The maximum atomic E-state index is 6.03. The fourth-order valence-electron chi connectivity index (χ4n) is 1.25. The van der Waals surface area contributed by atoms with E-state index in [2.05, 4.69) is 47.1 Å². The highest BCUT2D eigenvalue weighted by Crippen LogP contribution is 2.23. The van der Waals surface area contributed by atoms with E-state index in [-0.39, 0.29) is 6.04 Å². The molecule has 0 radical (unpaired) electrons. The summed E-state index contributed by atoms with van der Waals surface area (Å²) in [7, 11) is 4.16. The largest absolute Gasteiger partial charge is 0.327 e. The quantitative estimate of drug-likeness (QED) is 0.895. The van der Waals surface area contributed by atoms with Crippen LogP contribution in [0.3, 0.4) is 0 Å². The summed E-state index contributed by atoms with van der Waals surface area (Å²) >= 11 is 5.23. The van der Waals surface area contributed by atoms with Crippen LogP contribution in [-0.2, 0) is 6.42 Å². The molecule has 0 amide bonds. The predicted molar refractivity (Wildman–Crippen MR) is 66.9 cm³/mol. The van der Waals surface area contributed by atoms with Gasteiger partial charge in [0, 0.05) is 10.9 Å². The van der Waals surface area contributed by atoms with Crippen molar-refractivity contribution in [2.75, 3.05) is 20.6 Å². The Balaban J connectivity index is 2.30. The Kier molecular flexibility index (Phi) is 5.09. The summed E-state index contributed by atoms with van der Waals surface area (Å²) in [6, 6.07) is 4.51. The van der Waals surface area contributed by atoms with Gasteiger partial charge in [-0.2, -0.15) is 0 Å². The lowest BCUT2D eigenvalue weighted by Crippen LogP contribution is -2.27. The molecule has 0 saturated heterocycles. The Morgan fingerprint density at radius 2 is 2.21 bits per heavy atom. The van der Waals surface area contributed by atoms with Crippen LogP contribution in [0.25, 0.3) is 0 Å². The third kappa shape index (κ3) is 4.55. The molecule has 1 unspecified atom stereocenters. The molecule has 0 bridgehead atoms. The molecular formula is C10H17BrN2S. The van der Waals surface area contributed by atoms with Gasteiger partial charge in [-0.15, -0.1) is 11.3 Å². The van der Waals surface area contributed by atoms with Gasteiger partial charge in [-0.3, -0.25) is 0 Å². The van der Waals surface area contributed by atoms with Crippen molar-refractivity contribution in [2.45, 2.75) is 18.9 Å². The first kappa shape index (κ1) is 12.2. The highest BCUT2D eigenvalue weighted by atomic mass is 79.9. The smallest absolute Gasteiger partial charge is 0.0701 e. The van der Waals surface area contributed by atoms with Crippen LogP contribution in [0.5, 0.6) is 0 Å². The Hall–Kier alpha value is 0.1000. The van der Waals surface area contributed by atoms with Crippen molar-refractivity contribution in [3.63, 3.8) is 0 Å². The normalized spacial score (nSPS) is 13.5. The summed E-state index contributed by atoms with van der Waals surface area (Å²) in [5.74, 6) is 0. The minimum Gasteiger partial charge on any atom is -0.327 e. The molecule has 2 N–H and O–H groups in total. The maximum absolute atomic E-state index is 6.03. The topological polar surface area (TPSA) is 29.3 Å². The predicted octanol–water partition coefficient (Wildman–Crippen LogP) is 2.33. The third-order valence-corrected chi connectivity index (χ3v) is 3.69. The monoisotopic (exact) mass is 276 g/mol. The molecule has 0 aliphatic carbocycles. The van der Waals surface area contributed by atoms with Gasteiger partial charge in [0.1, 0.15) is 0 Å². The van der Waals surface area contributed by atoms with Crippen molar-refractivity contribution in [3.05, 3.63) is 20.8 Å². The number of halogens is 1. The van der Waals surface area contributed by atoms with Crippen LogP contribution in [0.4, 0.5) is 0 Å². The molecule has 0 fully saturated rings. The Morgan fingerprint density at radius 1 is 1.50 bits per heavy atom. The van der Waals surface area contributed by atoms with E-state index in [0.717, 1.165) is 19.4 Å². The molecule has 80 valence electrons. The summed E-state index contributed by atoms with van der Waals surface area (Å²) in [6.45, 7) is 1.06. The first-order chi connectivity index (χ1) is 6.58. The van der Waals surface area contributed by atoms with Gasteiger partial charge < -0.3 is 10.6 Å². The summed E-state index contributed by atoms with van der Waals surface area (Å²) in [5, 5.41) is 0. The van der Waals surface area contributed by atoms with Crippen molar-refractivity contribution in [1.82, 2.24) is 4.90 Å². The van der Waals surface area contributed by atoms with Gasteiger partial charge in [-0.1, -0.05) is 0 Å². The summed E-state index contributed by atoms with van der Waals surface area (Å²) in [5.41, 5.74) is 6.03. The van der Waals surface area contributed by atoms with Crippen LogP contribution in [0.1, 0.15) is 11.3 Å². The second kappa shape index (κ2) is 5.85. The number of hydrogen-bond donors (Lipinski definition) is 1. The van der Waals surface area contributed by atoms with Gasteiger partial charge in [0.15, 0.2) is 0 Å². The highest BCUT2D eigenvalue weighted by Gasteiger charge is 2.06. The van der Waals surface area contributed by atoms with Gasteiger partial charge in [0.05, 0.1) is 3.79 Å². The standard InChI is InChI=1S/C10H17BrN2S/c1-13(2)6-5-8(12)7-9-3-4-10(11)14-9/h3-4,8H,5-7,12H2,1-2H3. The number of thiophene rings is 1. The summed E-state index contributed by atoms with van der Waals surface area (Å²) in [4.78, 5) is 3.53. The molecule has 0 saturated carbocycles. The lowest BCUT2D eigenvalue weighted by Gasteiger charge is -2.14. The zero-order valence-corrected chi connectivity index (χ0v) is 11.1. The van der Waals surface area contributed by atoms with Crippen LogP contribution in [0, 0.1) is 0 Å². The van der Waals surface area contributed by atoms with Gasteiger partial charge in [0.25, 0.3) is 0 Å². The second-order valence-electron chi connectivity index (χ2n) is 3.76. The van der Waals surface area contributed by atoms with Crippen LogP contribution < -0.4 is 5.73 Å². The molecule has 0 aliphatic heterocycles. The number of rotatable bonds is 5. The lowest BCUT2D eigenvalue weighted by molar-refractivity contribution is 0.380. The molecule has 0 aliphatic rings. The minimum absolute atomic E-state index is 0.281. The van der Waals surface area contributed by atoms with Crippen LogP contribution >= 0.6 is 27.3 Å². The van der Waals surface area contributed by atoms with Gasteiger partial charge in [0.2, 0.25) is 0 Å². The minimum atomic E-state index is 0.281. The average molecular weight is 277 g/mol. The van der Waals surface area contributed by atoms with Crippen molar-refractivity contribution < 1.29 is 0 Å². The third-order valence-electron chi connectivity index (χ3n) is 2.04. The molecule has 1 aromatic rings. The first-order valence-corrected chi connectivity index (χ1v) is 6.33. The summed E-state index contributed by atoms with van der Waals surface area (Å²) in [6.07, 6.45) is 2.05. The fourth-order valence-corrected chi connectivity index (χ4v) is 2.82. The number of nitrogens with zero attached hydrogens (tertiary/aromatic N) is 1. The van der Waals surface area contributed by atoms with Crippen molar-refractivity contribution in [3.8, 4) is 0 Å². The van der Waals surface area contributed by atoms with Crippen molar-refractivity contribution in [1.29, 1.82) is 0 Å². The van der Waals surface area contributed by atoms with E-state index in [4.69, 9.17) is 5.73 Å². The summed E-state index contributed by atoms with van der Waals surface area (Å²) < 4.78 is 1.19. The fraction of sp³-hybridized carbons (Fsp3) is 0.600. The zero-order valence-electron chi connectivity index (χ0n) is 8.66.